The fraction of sp³-hybridized carbons (Fsp3) is 0.500. The van der Waals surface area contributed by atoms with Gasteiger partial charge in [-0.05, 0) is 23.6 Å². The van der Waals surface area contributed by atoms with Crippen LogP contribution in [0, 0.1) is 11.2 Å². The molecular weight excluding hydrogens is 354 g/mol. The molecule has 5 nitrogen and oxygen atoms in total. The Balaban J connectivity index is 3.37. The molecule has 0 aromatic heterocycles. The molecule has 0 radical (unpaired) electrons. The number of halogens is 4. The molecule has 0 aliphatic rings. The zero-order chi connectivity index (χ0) is 18.9. The molecule has 0 bridgehead atoms. The Labute approximate surface area is 137 Å². The molecule has 0 saturated carbocycles. The number of alkyl halides is 3. The molecule has 136 valence electrons. The lowest BCUT2D eigenvalue weighted by Crippen LogP contribution is -2.49. The third-order valence-corrected chi connectivity index (χ3v) is 4.56. The molecule has 10 heteroatoms. The van der Waals surface area contributed by atoms with Crippen LogP contribution in [0.4, 0.5) is 17.6 Å². The van der Waals surface area contributed by atoms with Gasteiger partial charge in [0.1, 0.15) is 16.8 Å². The number of carbonyl (C=O) groups is 1. The van der Waals surface area contributed by atoms with Crippen molar-refractivity contribution < 1.29 is 35.5 Å². The predicted octanol–water partition coefficient (Wildman–Crippen LogP) is 2.71. The third-order valence-electron chi connectivity index (χ3n) is 3.12. The Hall–Kier alpha value is -1.68. The fourth-order valence-corrected chi connectivity index (χ4v) is 3.29. The Morgan fingerprint density at radius 2 is 1.75 bits per heavy atom. The highest BCUT2D eigenvalue weighted by Gasteiger charge is 2.38. The predicted molar refractivity (Wildman–Crippen MR) is 77.0 cm³/mol. The van der Waals surface area contributed by atoms with Gasteiger partial charge < -0.3 is 4.74 Å². The van der Waals surface area contributed by atoms with E-state index in [0.29, 0.717) is 12.1 Å². The van der Waals surface area contributed by atoms with E-state index in [9.17, 15) is 30.8 Å². The van der Waals surface area contributed by atoms with Gasteiger partial charge in [0.25, 0.3) is 0 Å². The van der Waals surface area contributed by atoms with E-state index in [1.54, 1.807) is 0 Å². The average molecular weight is 371 g/mol. The number of rotatable bonds is 4. The van der Waals surface area contributed by atoms with E-state index in [4.69, 9.17) is 0 Å². The quantitative estimate of drug-likeness (QED) is 0.653. The first kappa shape index (κ1) is 20.4. The zero-order valence-corrected chi connectivity index (χ0v) is 14.2. The van der Waals surface area contributed by atoms with Gasteiger partial charge in [-0.2, -0.15) is 17.9 Å². The van der Waals surface area contributed by atoms with Crippen molar-refractivity contribution in [2.45, 2.75) is 37.9 Å². The summed E-state index contributed by atoms with van der Waals surface area (Å²) in [5.74, 6) is -2.31. The summed E-state index contributed by atoms with van der Waals surface area (Å²) in [4.78, 5) is 10.6. The van der Waals surface area contributed by atoms with E-state index in [2.05, 4.69) is 4.74 Å². The van der Waals surface area contributed by atoms with Gasteiger partial charge in [0.05, 0.1) is 12.7 Å². The minimum atomic E-state index is -4.84. The largest absolute Gasteiger partial charge is 0.468 e. The van der Waals surface area contributed by atoms with Gasteiger partial charge in [0, 0.05) is 0 Å². The van der Waals surface area contributed by atoms with Crippen molar-refractivity contribution >= 4 is 16.0 Å². The van der Waals surface area contributed by atoms with Gasteiger partial charge in [-0.25, -0.2) is 12.8 Å². The van der Waals surface area contributed by atoms with Gasteiger partial charge in [0.2, 0.25) is 10.0 Å². The van der Waals surface area contributed by atoms with Crippen LogP contribution in [0.3, 0.4) is 0 Å². The molecule has 1 aromatic rings. The molecule has 1 aromatic carbocycles. The lowest BCUT2D eigenvalue weighted by atomic mass is 9.87. The van der Waals surface area contributed by atoms with E-state index in [1.807, 2.05) is 4.72 Å². The molecule has 1 atom stereocenters. The van der Waals surface area contributed by atoms with Crippen molar-refractivity contribution in [2.75, 3.05) is 7.11 Å². The number of ether oxygens (including phenoxy) is 1. The first-order valence-electron chi connectivity index (χ1n) is 6.67. The molecule has 0 heterocycles. The number of sulfonamides is 1. The topological polar surface area (TPSA) is 72.5 Å². The maximum absolute atomic E-state index is 13.8. The number of hydrogen-bond donors (Lipinski definition) is 1. The molecule has 0 spiro atoms. The van der Waals surface area contributed by atoms with Crippen LogP contribution in [-0.4, -0.2) is 27.5 Å². The van der Waals surface area contributed by atoms with Crippen molar-refractivity contribution in [3.8, 4) is 0 Å². The zero-order valence-electron chi connectivity index (χ0n) is 13.4. The second-order valence-electron chi connectivity index (χ2n) is 6.09. The van der Waals surface area contributed by atoms with Crippen LogP contribution < -0.4 is 4.72 Å². The highest BCUT2D eigenvalue weighted by molar-refractivity contribution is 7.89. The van der Waals surface area contributed by atoms with Gasteiger partial charge in [0.15, 0.2) is 0 Å². The SMILES string of the molecule is COC(=O)C(NS(=O)(=O)c1cc(C(F)(F)F)ccc1F)C(C)(C)C. The molecule has 0 saturated heterocycles. The Morgan fingerprint density at radius 1 is 1.21 bits per heavy atom. The molecule has 1 N–H and O–H groups in total. The van der Waals surface area contributed by atoms with Crippen molar-refractivity contribution in [3.63, 3.8) is 0 Å². The second kappa shape index (κ2) is 6.67. The Kier molecular flexibility index (Phi) is 5.66. The smallest absolute Gasteiger partial charge is 0.416 e. The number of carbonyl (C=O) groups excluding carboxylic acids is 1. The van der Waals surface area contributed by atoms with Crippen LogP contribution in [0.15, 0.2) is 23.1 Å². The molecule has 0 aliphatic heterocycles. The van der Waals surface area contributed by atoms with E-state index >= 15 is 0 Å². The fourth-order valence-electron chi connectivity index (χ4n) is 1.80. The molecule has 0 fully saturated rings. The average Bonchev–Trinajstić information content (AvgIpc) is 2.41. The normalized spacial score (nSPS) is 14.3. The van der Waals surface area contributed by atoms with Crippen LogP contribution in [0.25, 0.3) is 0 Å². The first-order valence-corrected chi connectivity index (χ1v) is 8.15. The third kappa shape index (κ3) is 4.67. The molecule has 24 heavy (non-hydrogen) atoms. The maximum atomic E-state index is 13.8. The first-order chi connectivity index (χ1) is 10.7. The number of nitrogens with one attached hydrogen (secondary N) is 1. The molecule has 1 rings (SSSR count). The molecule has 0 aliphatic carbocycles. The monoisotopic (exact) mass is 371 g/mol. The van der Waals surface area contributed by atoms with Crippen molar-refractivity contribution in [3.05, 3.63) is 29.6 Å². The van der Waals surface area contributed by atoms with E-state index in [-0.39, 0.29) is 6.07 Å². The number of methoxy groups -OCH3 is 1. The van der Waals surface area contributed by atoms with Crippen molar-refractivity contribution in [2.24, 2.45) is 5.41 Å². The minimum Gasteiger partial charge on any atom is -0.468 e. The molecule has 1 unspecified atom stereocenters. The van der Waals surface area contributed by atoms with Crippen LogP contribution in [0.1, 0.15) is 26.3 Å². The van der Waals surface area contributed by atoms with Crippen LogP contribution in [0.5, 0.6) is 0 Å². The van der Waals surface area contributed by atoms with E-state index in [1.165, 1.54) is 20.8 Å². The van der Waals surface area contributed by atoms with Gasteiger partial charge in [-0.1, -0.05) is 20.8 Å². The summed E-state index contributed by atoms with van der Waals surface area (Å²) in [5, 5.41) is 0. The summed E-state index contributed by atoms with van der Waals surface area (Å²) in [7, 11) is -3.71. The summed E-state index contributed by atoms with van der Waals surface area (Å²) in [5.41, 5.74) is -2.28. The Morgan fingerprint density at radius 3 is 2.17 bits per heavy atom. The maximum Gasteiger partial charge on any atom is 0.416 e. The van der Waals surface area contributed by atoms with Crippen LogP contribution in [-0.2, 0) is 25.7 Å². The molecule has 0 amide bonds. The van der Waals surface area contributed by atoms with E-state index in [0.717, 1.165) is 7.11 Å². The number of esters is 1. The van der Waals surface area contributed by atoms with Crippen LogP contribution >= 0.6 is 0 Å². The summed E-state index contributed by atoms with van der Waals surface area (Å²) in [6, 6.07) is -0.409. The second-order valence-corrected chi connectivity index (χ2v) is 7.77. The number of benzene rings is 1. The van der Waals surface area contributed by atoms with E-state index < -0.39 is 49.9 Å². The highest BCUT2D eigenvalue weighted by atomic mass is 32.2. The molecular formula is C14H17F4NO4S. The van der Waals surface area contributed by atoms with Gasteiger partial charge in [-0.15, -0.1) is 0 Å². The summed E-state index contributed by atoms with van der Waals surface area (Å²) in [6.45, 7) is 4.54. The highest BCUT2D eigenvalue weighted by Crippen LogP contribution is 2.32. The summed E-state index contributed by atoms with van der Waals surface area (Å²) in [6.07, 6.45) is -4.84. The standard InChI is InChI=1S/C14H17F4NO4S/c1-13(2,3)11(12(20)23-4)19-24(21,22)10-7-8(14(16,17)18)5-6-9(10)15/h5-7,11,19H,1-4H3. The van der Waals surface area contributed by atoms with Gasteiger partial charge >= 0.3 is 12.1 Å². The van der Waals surface area contributed by atoms with Crippen molar-refractivity contribution in [1.82, 2.24) is 4.72 Å². The lowest BCUT2D eigenvalue weighted by Gasteiger charge is -2.28. The van der Waals surface area contributed by atoms with Crippen LogP contribution in [0.2, 0.25) is 0 Å². The number of hydrogen-bond acceptors (Lipinski definition) is 4. The summed E-state index contributed by atoms with van der Waals surface area (Å²) < 4.78 is 82.9. The van der Waals surface area contributed by atoms with Crippen molar-refractivity contribution in [1.29, 1.82) is 0 Å². The Bertz CT molecular complexity index is 723. The minimum absolute atomic E-state index is 0.175. The van der Waals surface area contributed by atoms with Gasteiger partial charge in [-0.3, -0.25) is 4.79 Å². The summed E-state index contributed by atoms with van der Waals surface area (Å²) >= 11 is 0. The lowest BCUT2D eigenvalue weighted by molar-refractivity contribution is -0.145.